The van der Waals surface area contributed by atoms with Crippen LogP contribution in [0.3, 0.4) is 0 Å². The molecule has 0 fully saturated rings. The number of nitrogens with two attached hydrogens (primary N) is 2. The number of ether oxygens (including phenoxy) is 2. The molecule has 0 saturated carbocycles. The van der Waals surface area contributed by atoms with E-state index in [2.05, 4.69) is 0 Å². The molecule has 4 N–H and O–H groups in total. The number of carbonyl (C=O) groups is 2. The van der Waals surface area contributed by atoms with Gasteiger partial charge in [-0.1, -0.05) is 12.1 Å². The molecular weight excluding hydrogens is 308 g/mol. The maximum atomic E-state index is 12.2. The van der Waals surface area contributed by atoms with Gasteiger partial charge in [0.1, 0.15) is 0 Å². The first-order chi connectivity index (χ1) is 11.5. The molecule has 0 bridgehead atoms. The standard InChI is InChI=1S/C18H20N2O4/c1-3-23-17(21)15-9-11(19)5-7-13(15)14-8-6-12(20)10-16(14)18(22)24-4-2/h5-10H,3-4,19-20H2,1-2H3. The Bertz CT molecular complexity index is 706. The van der Waals surface area contributed by atoms with Crippen LogP contribution in [-0.4, -0.2) is 25.2 Å². The van der Waals surface area contributed by atoms with Gasteiger partial charge in [-0.15, -0.1) is 0 Å². The highest BCUT2D eigenvalue weighted by atomic mass is 16.5. The van der Waals surface area contributed by atoms with Gasteiger partial charge < -0.3 is 20.9 Å². The van der Waals surface area contributed by atoms with E-state index in [9.17, 15) is 9.59 Å². The maximum Gasteiger partial charge on any atom is 0.338 e. The summed E-state index contributed by atoms with van der Waals surface area (Å²) in [6.07, 6.45) is 0. The lowest BCUT2D eigenvalue weighted by Gasteiger charge is -2.14. The average molecular weight is 328 g/mol. The number of esters is 2. The van der Waals surface area contributed by atoms with Crippen molar-refractivity contribution in [3.8, 4) is 11.1 Å². The molecule has 0 saturated heterocycles. The van der Waals surface area contributed by atoms with Gasteiger partial charge in [0.05, 0.1) is 24.3 Å². The fourth-order valence-corrected chi connectivity index (χ4v) is 2.35. The van der Waals surface area contributed by atoms with Crippen molar-refractivity contribution in [3.63, 3.8) is 0 Å². The minimum atomic E-state index is -0.508. The fraction of sp³-hybridized carbons (Fsp3) is 0.222. The summed E-state index contributed by atoms with van der Waals surface area (Å²) in [5, 5.41) is 0. The number of anilines is 2. The molecule has 126 valence electrons. The molecule has 0 heterocycles. The van der Waals surface area contributed by atoms with Crippen LogP contribution in [0.2, 0.25) is 0 Å². The van der Waals surface area contributed by atoms with Crippen molar-refractivity contribution in [3.05, 3.63) is 47.5 Å². The molecule has 0 aliphatic rings. The summed E-state index contributed by atoms with van der Waals surface area (Å²) in [4.78, 5) is 24.5. The third kappa shape index (κ3) is 3.65. The van der Waals surface area contributed by atoms with Gasteiger partial charge in [-0.3, -0.25) is 0 Å². The number of rotatable bonds is 5. The Morgan fingerprint density at radius 3 is 1.50 bits per heavy atom. The van der Waals surface area contributed by atoms with Crippen molar-refractivity contribution < 1.29 is 19.1 Å². The molecule has 2 rings (SSSR count). The van der Waals surface area contributed by atoms with Gasteiger partial charge in [-0.05, 0) is 49.2 Å². The van der Waals surface area contributed by atoms with Crippen LogP contribution in [0.5, 0.6) is 0 Å². The van der Waals surface area contributed by atoms with E-state index < -0.39 is 11.9 Å². The lowest BCUT2D eigenvalue weighted by molar-refractivity contribution is 0.0515. The monoisotopic (exact) mass is 328 g/mol. The van der Waals surface area contributed by atoms with Crippen LogP contribution in [0.1, 0.15) is 34.6 Å². The van der Waals surface area contributed by atoms with Crippen molar-refractivity contribution in [1.29, 1.82) is 0 Å². The molecule has 2 aromatic rings. The van der Waals surface area contributed by atoms with Crippen molar-refractivity contribution in [2.45, 2.75) is 13.8 Å². The molecule has 0 spiro atoms. The van der Waals surface area contributed by atoms with E-state index in [1.807, 2.05) is 0 Å². The van der Waals surface area contributed by atoms with Gasteiger partial charge >= 0.3 is 11.9 Å². The number of hydrogen-bond donors (Lipinski definition) is 2. The van der Waals surface area contributed by atoms with Gasteiger partial charge in [-0.2, -0.15) is 0 Å². The number of nitrogen functional groups attached to an aromatic ring is 2. The number of hydrogen-bond acceptors (Lipinski definition) is 6. The van der Waals surface area contributed by atoms with Crippen LogP contribution in [0.25, 0.3) is 11.1 Å². The lowest BCUT2D eigenvalue weighted by atomic mass is 9.94. The summed E-state index contributed by atoms with van der Waals surface area (Å²) in [7, 11) is 0. The minimum Gasteiger partial charge on any atom is -0.462 e. The zero-order valence-corrected chi connectivity index (χ0v) is 13.7. The molecule has 0 aromatic heterocycles. The fourth-order valence-electron chi connectivity index (χ4n) is 2.35. The minimum absolute atomic E-state index is 0.236. The maximum absolute atomic E-state index is 12.2. The zero-order valence-electron chi connectivity index (χ0n) is 13.7. The summed E-state index contributed by atoms with van der Waals surface area (Å²) in [6, 6.07) is 9.72. The van der Waals surface area contributed by atoms with Gasteiger partial charge in [0.2, 0.25) is 0 Å². The molecular formula is C18H20N2O4. The Labute approximate surface area is 140 Å². The predicted octanol–water partition coefficient (Wildman–Crippen LogP) is 2.87. The largest absolute Gasteiger partial charge is 0.462 e. The first-order valence-corrected chi connectivity index (χ1v) is 7.61. The van der Waals surface area contributed by atoms with E-state index >= 15 is 0 Å². The van der Waals surface area contributed by atoms with Crippen LogP contribution in [0.4, 0.5) is 11.4 Å². The van der Waals surface area contributed by atoms with E-state index in [4.69, 9.17) is 20.9 Å². The Hall–Kier alpha value is -3.02. The van der Waals surface area contributed by atoms with Gasteiger partial charge in [0.25, 0.3) is 0 Å². The number of benzene rings is 2. The summed E-state index contributed by atoms with van der Waals surface area (Å²) in [5.41, 5.74) is 14.1. The van der Waals surface area contributed by atoms with Crippen molar-refractivity contribution in [1.82, 2.24) is 0 Å². The Kier molecular flexibility index (Phi) is 5.42. The third-order valence-corrected chi connectivity index (χ3v) is 3.37. The molecule has 0 aliphatic carbocycles. The van der Waals surface area contributed by atoms with E-state index in [1.165, 1.54) is 12.1 Å². The Balaban J connectivity index is 2.64. The third-order valence-electron chi connectivity index (χ3n) is 3.37. The average Bonchev–Trinajstić information content (AvgIpc) is 2.55. The van der Waals surface area contributed by atoms with E-state index in [0.29, 0.717) is 22.5 Å². The summed E-state index contributed by atoms with van der Waals surface area (Å²) in [6.45, 7) is 3.91. The Morgan fingerprint density at radius 2 is 1.17 bits per heavy atom. The Morgan fingerprint density at radius 1 is 0.792 bits per heavy atom. The highest BCUT2D eigenvalue weighted by molar-refractivity contribution is 6.04. The van der Waals surface area contributed by atoms with Gasteiger partial charge in [-0.25, -0.2) is 9.59 Å². The second-order valence-electron chi connectivity index (χ2n) is 5.05. The summed E-state index contributed by atoms with van der Waals surface area (Å²) >= 11 is 0. The molecule has 24 heavy (non-hydrogen) atoms. The molecule has 0 aliphatic heterocycles. The van der Waals surface area contributed by atoms with Crippen LogP contribution in [0.15, 0.2) is 36.4 Å². The van der Waals surface area contributed by atoms with Crippen LogP contribution in [-0.2, 0) is 9.47 Å². The smallest absolute Gasteiger partial charge is 0.338 e. The van der Waals surface area contributed by atoms with Gasteiger partial charge in [0, 0.05) is 11.4 Å². The second kappa shape index (κ2) is 7.50. The van der Waals surface area contributed by atoms with Crippen molar-refractivity contribution in [2.75, 3.05) is 24.7 Å². The van der Waals surface area contributed by atoms with Gasteiger partial charge in [0.15, 0.2) is 0 Å². The normalized spacial score (nSPS) is 10.2. The second-order valence-corrected chi connectivity index (χ2v) is 5.05. The number of carbonyl (C=O) groups excluding carboxylic acids is 2. The molecule has 0 atom stereocenters. The predicted molar refractivity (Wildman–Crippen MR) is 92.6 cm³/mol. The zero-order chi connectivity index (χ0) is 17.7. The van der Waals surface area contributed by atoms with Crippen LogP contribution < -0.4 is 11.5 Å². The first-order valence-electron chi connectivity index (χ1n) is 7.61. The van der Waals surface area contributed by atoms with E-state index in [-0.39, 0.29) is 24.3 Å². The highest BCUT2D eigenvalue weighted by Crippen LogP contribution is 2.31. The van der Waals surface area contributed by atoms with Crippen molar-refractivity contribution >= 4 is 23.3 Å². The molecule has 0 unspecified atom stereocenters. The SMILES string of the molecule is CCOC(=O)c1cc(N)ccc1-c1ccc(N)cc1C(=O)OCC. The topological polar surface area (TPSA) is 105 Å². The lowest BCUT2D eigenvalue weighted by Crippen LogP contribution is -2.11. The molecule has 0 amide bonds. The van der Waals surface area contributed by atoms with Crippen LogP contribution in [0, 0.1) is 0 Å². The quantitative estimate of drug-likeness (QED) is 0.646. The summed E-state index contributed by atoms with van der Waals surface area (Å²) < 4.78 is 10.2. The first kappa shape index (κ1) is 17.3. The molecule has 6 nitrogen and oxygen atoms in total. The molecule has 0 radical (unpaired) electrons. The van der Waals surface area contributed by atoms with E-state index in [0.717, 1.165) is 0 Å². The summed E-state index contributed by atoms with van der Waals surface area (Å²) in [5.74, 6) is -1.02. The van der Waals surface area contributed by atoms with E-state index in [1.54, 1.807) is 38.1 Å². The highest BCUT2D eigenvalue weighted by Gasteiger charge is 2.20. The molecule has 2 aromatic carbocycles. The molecule has 6 heteroatoms. The van der Waals surface area contributed by atoms with Crippen molar-refractivity contribution in [2.24, 2.45) is 0 Å². The van der Waals surface area contributed by atoms with Crippen LogP contribution >= 0.6 is 0 Å².